The Balaban J connectivity index is 2.30. The number of rotatable bonds is 3. The molecule has 0 saturated carbocycles. The van der Waals surface area contributed by atoms with Crippen LogP contribution in [0.5, 0.6) is 5.75 Å². The zero-order valence-electron chi connectivity index (χ0n) is 11.6. The van der Waals surface area contributed by atoms with Crippen molar-refractivity contribution in [2.45, 2.75) is 27.2 Å². The summed E-state index contributed by atoms with van der Waals surface area (Å²) in [6.07, 6.45) is 0.989. The smallest absolute Gasteiger partial charge is 0.118 e. The Hall–Kier alpha value is -1.76. The molecule has 0 unspecified atom stereocenters. The average molecular weight is 240 g/mol. The maximum absolute atomic E-state index is 5.19. The van der Waals surface area contributed by atoms with Crippen molar-refractivity contribution in [3.05, 3.63) is 64.2 Å². The molecule has 0 bridgehead atoms. The van der Waals surface area contributed by atoms with Crippen LogP contribution < -0.4 is 4.74 Å². The molecule has 94 valence electrons. The largest absolute Gasteiger partial charge is 0.497 e. The fourth-order valence-corrected chi connectivity index (χ4v) is 2.23. The predicted octanol–water partition coefficient (Wildman–Crippen LogP) is 4.21. The first kappa shape index (κ1) is 12.7. The first-order chi connectivity index (χ1) is 8.61. The summed E-state index contributed by atoms with van der Waals surface area (Å²) in [7, 11) is 1.70. The molecule has 2 rings (SSSR count). The summed E-state index contributed by atoms with van der Waals surface area (Å²) < 4.78 is 5.19. The number of hydrogen-bond acceptors (Lipinski definition) is 1. The fraction of sp³-hybridized carbons (Fsp3) is 0.294. The summed E-state index contributed by atoms with van der Waals surface area (Å²) in [5.74, 6) is 0.913. The molecule has 0 amide bonds. The zero-order valence-corrected chi connectivity index (χ0v) is 11.6. The van der Waals surface area contributed by atoms with Gasteiger partial charge in [-0.05, 0) is 67.1 Å². The van der Waals surface area contributed by atoms with Crippen LogP contribution in [0.4, 0.5) is 0 Å². The number of aryl methyl sites for hydroxylation is 2. The van der Waals surface area contributed by atoms with E-state index >= 15 is 0 Å². The van der Waals surface area contributed by atoms with Crippen LogP contribution in [0.1, 0.15) is 27.8 Å². The Morgan fingerprint density at radius 3 is 2.06 bits per heavy atom. The molecule has 2 aromatic carbocycles. The van der Waals surface area contributed by atoms with Crippen LogP contribution in [0, 0.1) is 20.8 Å². The molecule has 0 saturated heterocycles. The molecule has 0 aliphatic carbocycles. The third kappa shape index (κ3) is 2.56. The van der Waals surface area contributed by atoms with Gasteiger partial charge in [0.2, 0.25) is 0 Å². The lowest BCUT2D eigenvalue weighted by molar-refractivity contribution is 0.414. The van der Waals surface area contributed by atoms with Gasteiger partial charge < -0.3 is 4.74 Å². The minimum Gasteiger partial charge on any atom is -0.497 e. The zero-order chi connectivity index (χ0) is 13.1. The molecule has 0 aliphatic rings. The van der Waals surface area contributed by atoms with Crippen LogP contribution in [0.3, 0.4) is 0 Å². The highest BCUT2D eigenvalue weighted by atomic mass is 16.5. The van der Waals surface area contributed by atoms with Gasteiger partial charge >= 0.3 is 0 Å². The number of benzene rings is 2. The van der Waals surface area contributed by atoms with E-state index in [4.69, 9.17) is 4.74 Å². The van der Waals surface area contributed by atoms with Gasteiger partial charge in [-0.25, -0.2) is 0 Å². The molecule has 2 aromatic rings. The van der Waals surface area contributed by atoms with E-state index in [1.807, 2.05) is 12.1 Å². The topological polar surface area (TPSA) is 9.23 Å². The second-order valence-electron chi connectivity index (χ2n) is 4.83. The standard InChI is InChI=1S/C17H20O/c1-12-5-6-13(2)17(14(12)3)11-15-7-9-16(18-4)10-8-15/h5-10H,11H2,1-4H3. The van der Waals surface area contributed by atoms with E-state index in [-0.39, 0.29) is 0 Å². The van der Waals surface area contributed by atoms with Crippen molar-refractivity contribution in [3.8, 4) is 5.75 Å². The Morgan fingerprint density at radius 1 is 0.833 bits per heavy atom. The molecule has 0 aromatic heterocycles. The Labute approximate surface area is 109 Å². The van der Waals surface area contributed by atoms with E-state index in [2.05, 4.69) is 45.0 Å². The summed E-state index contributed by atoms with van der Waals surface area (Å²) in [6, 6.07) is 12.7. The summed E-state index contributed by atoms with van der Waals surface area (Å²) in [6.45, 7) is 6.57. The van der Waals surface area contributed by atoms with Gasteiger partial charge in [0.1, 0.15) is 5.75 Å². The van der Waals surface area contributed by atoms with Crippen LogP contribution in [0.2, 0.25) is 0 Å². The number of hydrogen-bond donors (Lipinski definition) is 0. The molecular formula is C17H20O. The Kier molecular flexibility index (Phi) is 3.71. The maximum Gasteiger partial charge on any atom is 0.118 e. The van der Waals surface area contributed by atoms with Crippen LogP contribution in [-0.4, -0.2) is 7.11 Å². The summed E-state index contributed by atoms with van der Waals surface area (Å²) in [5, 5.41) is 0. The first-order valence-corrected chi connectivity index (χ1v) is 6.30. The van der Waals surface area contributed by atoms with Crippen molar-refractivity contribution >= 4 is 0 Å². The molecule has 0 spiro atoms. The fourth-order valence-electron chi connectivity index (χ4n) is 2.23. The summed E-state index contributed by atoms with van der Waals surface area (Å²) in [4.78, 5) is 0. The normalized spacial score (nSPS) is 10.4. The van der Waals surface area contributed by atoms with Crippen molar-refractivity contribution in [3.63, 3.8) is 0 Å². The molecule has 0 radical (unpaired) electrons. The average Bonchev–Trinajstić information content (AvgIpc) is 2.40. The van der Waals surface area contributed by atoms with Gasteiger partial charge in [0, 0.05) is 0 Å². The monoisotopic (exact) mass is 240 g/mol. The van der Waals surface area contributed by atoms with Crippen LogP contribution in [0.15, 0.2) is 36.4 Å². The van der Waals surface area contributed by atoms with E-state index in [0.717, 1.165) is 12.2 Å². The molecule has 0 heterocycles. The van der Waals surface area contributed by atoms with Gasteiger partial charge in [0.05, 0.1) is 7.11 Å². The van der Waals surface area contributed by atoms with Crippen molar-refractivity contribution in [2.75, 3.05) is 7.11 Å². The third-order valence-corrected chi connectivity index (χ3v) is 3.64. The quantitative estimate of drug-likeness (QED) is 0.781. The highest BCUT2D eigenvalue weighted by molar-refractivity contribution is 5.42. The molecule has 1 nitrogen and oxygen atoms in total. The molecule has 1 heteroatoms. The molecule has 0 aliphatic heterocycles. The third-order valence-electron chi connectivity index (χ3n) is 3.64. The van der Waals surface area contributed by atoms with E-state index in [1.165, 1.54) is 27.8 Å². The van der Waals surface area contributed by atoms with Crippen LogP contribution in [0.25, 0.3) is 0 Å². The van der Waals surface area contributed by atoms with Gasteiger partial charge in [-0.2, -0.15) is 0 Å². The van der Waals surface area contributed by atoms with Gasteiger partial charge in [-0.1, -0.05) is 24.3 Å². The molecule has 0 fully saturated rings. The SMILES string of the molecule is COc1ccc(Cc2c(C)ccc(C)c2C)cc1. The second kappa shape index (κ2) is 5.26. The Bertz CT molecular complexity index is 538. The van der Waals surface area contributed by atoms with E-state index < -0.39 is 0 Å². The molecule has 18 heavy (non-hydrogen) atoms. The van der Waals surface area contributed by atoms with E-state index in [0.29, 0.717) is 0 Å². The van der Waals surface area contributed by atoms with E-state index in [1.54, 1.807) is 7.11 Å². The maximum atomic E-state index is 5.19. The van der Waals surface area contributed by atoms with Crippen molar-refractivity contribution in [2.24, 2.45) is 0 Å². The Morgan fingerprint density at radius 2 is 1.44 bits per heavy atom. The van der Waals surface area contributed by atoms with Crippen molar-refractivity contribution in [1.82, 2.24) is 0 Å². The van der Waals surface area contributed by atoms with Crippen LogP contribution >= 0.6 is 0 Å². The van der Waals surface area contributed by atoms with Crippen LogP contribution in [-0.2, 0) is 6.42 Å². The lowest BCUT2D eigenvalue weighted by Crippen LogP contribution is -1.97. The predicted molar refractivity (Wildman–Crippen MR) is 76.5 cm³/mol. The molecule has 0 atom stereocenters. The summed E-state index contributed by atoms with van der Waals surface area (Å²) >= 11 is 0. The summed E-state index contributed by atoms with van der Waals surface area (Å²) in [5.41, 5.74) is 6.91. The highest BCUT2D eigenvalue weighted by Crippen LogP contribution is 2.22. The number of methoxy groups -OCH3 is 1. The first-order valence-electron chi connectivity index (χ1n) is 6.30. The number of ether oxygens (including phenoxy) is 1. The van der Waals surface area contributed by atoms with Gasteiger partial charge in [-0.15, -0.1) is 0 Å². The van der Waals surface area contributed by atoms with Crippen molar-refractivity contribution in [1.29, 1.82) is 0 Å². The van der Waals surface area contributed by atoms with Crippen molar-refractivity contribution < 1.29 is 4.74 Å². The van der Waals surface area contributed by atoms with Gasteiger partial charge in [0.25, 0.3) is 0 Å². The molecule has 0 N–H and O–H groups in total. The lowest BCUT2D eigenvalue weighted by atomic mass is 9.93. The lowest BCUT2D eigenvalue weighted by Gasteiger charge is -2.12. The molecular weight excluding hydrogens is 220 g/mol. The van der Waals surface area contributed by atoms with Gasteiger partial charge in [0.15, 0.2) is 0 Å². The minimum absolute atomic E-state index is 0.913. The van der Waals surface area contributed by atoms with Gasteiger partial charge in [-0.3, -0.25) is 0 Å². The second-order valence-corrected chi connectivity index (χ2v) is 4.83. The van der Waals surface area contributed by atoms with E-state index in [9.17, 15) is 0 Å². The highest BCUT2D eigenvalue weighted by Gasteiger charge is 2.06. The minimum atomic E-state index is 0.913.